The van der Waals surface area contributed by atoms with Gasteiger partial charge in [-0.05, 0) is 26.3 Å². The summed E-state index contributed by atoms with van der Waals surface area (Å²) in [7, 11) is 1.64. The molecule has 2 amide bonds. The second-order valence-electron chi connectivity index (χ2n) is 5.33. The summed E-state index contributed by atoms with van der Waals surface area (Å²) in [5.41, 5.74) is 1.23. The molecular weight excluding hydrogens is 355 g/mol. The van der Waals surface area contributed by atoms with Gasteiger partial charge in [-0.25, -0.2) is 14.2 Å². The van der Waals surface area contributed by atoms with E-state index >= 15 is 0 Å². The number of benzene rings is 1. The van der Waals surface area contributed by atoms with E-state index in [1.807, 2.05) is 0 Å². The van der Waals surface area contributed by atoms with Crippen LogP contribution in [0.15, 0.2) is 39.2 Å². The van der Waals surface area contributed by atoms with Crippen molar-refractivity contribution in [1.29, 1.82) is 0 Å². The number of Topliss-reactive ketones (excluding diaryl/α,β-unsaturated/α-hetero) is 1. The molecule has 0 saturated carbocycles. The Kier molecular flexibility index (Phi) is 9.43. The number of nitrogens with one attached hydrogen (secondary N) is 1. The summed E-state index contributed by atoms with van der Waals surface area (Å²) in [6.45, 7) is 4.70. The molecule has 0 radical (unpaired) electrons. The molecule has 0 aromatic heterocycles. The zero-order valence-corrected chi connectivity index (χ0v) is 16.1. The van der Waals surface area contributed by atoms with E-state index in [9.17, 15) is 14.0 Å². The largest absolute Gasteiger partial charge is 0.341 e. The lowest BCUT2D eigenvalue weighted by Crippen LogP contribution is -2.24. The molecule has 0 aliphatic heterocycles. The highest BCUT2D eigenvalue weighted by molar-refractivity contribution is 8.14. The fourth-order valence-electron chi connectivity index (χ4n) is 1.94. The molecule has 1 aromatic rings. The summed E-state index contributed by atoms with van der Waals surface area (Å²) < 4.78 is 14.3. The van der Waals surface area contributed by atoms with Gasteiger partial charge in [-0.3, -0.25) is 9.79 Å². The van der Waals surface area contributed by atoms with Gasteiger partial charge in [-0.1, -0.05) is 24.3 Å². The number of carbonyl (C=O) groups excluding carboxylic acids is 2. The molecule has 140 valence electrons. The first-order chi connectivity index (χ1) is 12.4. The molecule has 1 rings (SSSR count). The number of urea groups is 1. The highest BCUT2D eigenvalue weighted by Crippen LogP contribution is 2.18. The van der Waals surface area contributed by atoms with Crippen LogP contribution in [0.5, 0.6) is 0 Å². The van der Waals surface area contributed by atoms with E-state index in [0.29, 0.717) is 16.4 Å². The van der Waals surface area contributed by atoms with Gasteiger partial charge in [-0.15, -0.1) is 11.8 Å². The van der Waals surface area contributed by atoms with E-state index in [1.54, 1.807) is 51.4 Å². The zero-order valence-electron chi connectivity index (χ0n) is 15.3. The summed E-state index contributed by atoms with van der Waals surface area (Å²) in [6.07, 6.45) is 0.283. The maximum Gasteiger partial charge on any atom is 0.341 e. The number of amidine groups is 1. The van der Waals surface area contributed by atoms with Crippen LogP contribution in [0.2, 0.25) is 0 Å². The van der Waals surface area contributed by atoms with Crippen molar-refractivity contribution in [2.45, 2.75) is 26.9 Å². The van der Waals surface area contributed by atoms with Gasteiger partial charge in [0.05, 0.1) is 17.3 Å². The fraction of sp³-hybridized carbons (Fsp3) is 0.389. The van der Waals surface area contributed by atoms with Crippen molar-refractivity contribution in [3.8, 4) is 0 Å². The molecule has 1 unspecified atom stereocenters. The number of hydrogen-bond acceptors (Lipinski definition) is 4. The standard InChI is InChI=1S/C18H23FN4O2S/c1-5-21-17(20-4)15-8-6-14(7-9-15)16(19)10-22-18(25)23-13(3)26-11-12(2)24/h5-9,16H,10-11H2,1-4H3,(H,22,25)/b20-17?,21-5?,23-13-. The molecule has 0 heterocycles. The minimum atomic E-state index is -1.36. The van der Waals surface area contributed by atoms with Crippen molar-refractivity contribution >= 4 is 40.7 Å². The number of hydrogen-bond donors (Lipinski definition) is 1. The highest BCUT2D eigenvalue weighted by atomic mass is 32.2. The van der Waals surface area contributed by atoms with E-state index in [4.69, 9.17) is 0 Å². The van der Waals surface area contributed by atoms with Crippen molar-refractivity contribution in [3.05, 3.63) is 35.4 Å². The van der Waals surface area contributed by atoms with Gasteiger partial charge in [0.15, 0.2) is 5.84 Å². The molecule has 0 spiro atoms. The van der Waals surface area contributed by atoms with Crippen LogP contribution in [-0.2, 0) is 4.79 Å². The third-order valence-electron chi connectivity index (χ3n) is 3.17. The van der Waals surface area contributed by atoms with E-state index in [2.05, 4.69) is 20.3 Å². The van der Waals surface area contributed by atoms with E-state index in [1.165, 1.54) is 18.7 Å². The summed E-state index contributed by atoms with van der Waals surface area (Å²) in [6, 6.07) is 6.12. The maximum atomic E-state index is 14.3. The second kappa shape index (κ2) is 11.3. The molecule has 0 bridgehead atoms. The molecule has 0 fully saturated rings. The number of alkyl halides is 1. The van der Waals surface area contributed by atoms with Crippen LogP contribution >= 0.6 is 11.8 Å². The van der Waals surface area contributed by atoms with Crippen LogP contribution < -0.4 is 5.32 Å². The van der Waals surface area contributed by atoms with Gasteiger partial charge in [0.1, 0.15) is 12.0 Å². The number of amides is 2. The van der Waals surface area contributed by atoms with Crippen LogP contribution in [0.3, 0.4) is 0 Å². The van der Waals surface area contributed by atoms with Gasteiger partial charge in [0.2, 0.25) is 0 Å². The Hall–Kier alpha value is -2.35. The first-order valence-corrected chi connectivity index (χ1v) is 9.01. The lowest BCUT2D eigenvalue weighted by atomic mass is 10.1. The Balaban J connectivity index is 2.60. The summed E-state index contributed by atoms with van der Waals surface area (Å²) in [4.78, 5) is 34.5. The molecule has 0 saturated heterocycles. The van der Waals surface area contributed by atoms with E-state index in [0.717, 1.165) is 5.56 Å². The smallest absolute Gasteiger partial charge is 0.333 e. The van der Waals surface area contributed by atoms with Gasteiger partial charge >= 0.3 is 6.03 Å². The first kappa shape index (κ1) is 21.7. The van der Waals surface area contributed by atoms with Crippen molar-refractivity contribution in [2.24, 2.45) is 15.0 Å². The average molecular weight is 378 g/mol. The summed E-state index contributed by atoms with van der Waals surface area (Å²) >= 11 is 1.18. The lowest BCUT2D eigenvalue weighted by molar-refractivity contribution is -0.114. The predicted octanol–water partition coefficient (Wildman–Crippen LogP) is 3.61. The van der Waals surface area contributed by atoms with Crippen LogP contribution in [0.25, 0.3) is 0 Å². The first-order valence-electron chi connectivity index (χ1n) is 8.02. The second-order valence-corrected chi connectivity index (χ2v) is 6.50. The number of thioether (sulfide) groups is 1. The molecule has 26 heavy (non-hydrogen) atoms. The monoisotopic (exact) mass is 378 g/mol. The Bertz CT molecular complexity index is 714. The Morgan fingerprint density at radius 3 is 2.46 bits per heavy atom. The van der Waals surface area contributed by atoms with Crippen molar-refractivity contribution < 1.29 is 14.0 Å². The lowest BCUT2D eigenvalue weighted by Gasteiger charge is -2.10. The topological polar surface area (TPSA) is 83.2 Å². The number of ketones is 1. The molecule has 8 heteroatoms. The van der Waals surface area contributed by atoms with Gasteiger partial charge < -0.3 is 5.32 Å². The Labute approximate surface area is 157 Å². The minimum absolute atomic E-state index is 0.00173. The minimum Gasteiger partial charge on any atom is -0.333 e. The van der Waals surface area contributed by atoms with Crippen molar-refractivity contribution in [3.63, 3.8) is 0 Å². The van der Waals surface area contributed by atoms with Crippen molar-refractivity contribution in [2.75, 3.05) is 19.3 Å². The molecule has 1 atom stereocenters. The number of aliphatic imine (C=N–C) groups is 3. The van der Waals surface area contributed by atoms with Crippen LogP contribution in [-0.4, -0.2) is 48.3 Å². The van der Waals surface area contributed by atoms with Crippen LogP contribution in [0.4, 0.5) is 9.18 Å². The van der Waals surface area contributed by atoms with Crippen LogP contribution in [0.1, 0.15) is 38.1 Å². The van der Waals surface area contributed by atoms with E-state index < -0.39 is 12.2 Å². The fourth-order valence-corrected chi connectivity index (χ4v) is 2.50. The third kappa shape index (κ3) is 7.69. The summed E-state index contributed by atoms with van der Waals surface area (Å²) in [5, 5.41) is 2.88. The van der Waals surface area contributed by atoms with Gasteiger partial charge in [0.25, 0.3) is 0 Å². The van der Waals surface area contributed by atoms with Gasteiger partial charge in [0, 0.05) is 18.8 Å². The molecule has 0 aliphatic carbocycles. The summed E-state index contributed by atoms with van der Waals surface area (Å²) in [5.74, 6) is 0.819. The zero-order chi connectivity index (χ0) is 19.5. The number of carbonyl (C=O) groups is 2. The van der Waals surface area contributed by atoms with E-state index in [-0.39, 0.29) is 18.1 Å². The van der Waals surface area contributed by atoms with Crippen LogP contribution in [0, 0.1) is 0 Å². The number of halogens is 1. The molecule has 6 nitrogen and oxygen atoms in total. The normalized spacial score (nSPS) is 13.7. The molecule has 0 aliphatic rings. The average Bonchev–Trinajstić information content (AvgIpc) is 2.62. The predicted molar refractivity (Wildman–Crippen MR) is 107 cm³/mol. The Morgan fingerprint density at radius 1 is 1.27 bits per heavy atom. The van der Waals surface area contributed by atoms with Crippen molar-refractivity contribution in [1.82, 2.24) is 5.32 Å². The van der Waals surface area contributed by atoms with Gasteiger partial charge in [-0.2, -0.15) is 4.99 Å². The quantitative estimate of drug-likeness (QED) is 0.606. The molecule has 1 aromatic carbocycles. The Morgan fingerprint density at radius 2 is 1.92 bits per heavy atom. The third-order valence-corrected chi connectivity index (χ3v) is 4.23. The SMILES string of the molecule is CC=NC(=NC)c1ccc(C(F)CNC(=O)/N=C(/C)SCC(C)=O)cc1. The molecule has 1 N–H and O–H groups in total. The number of nitrogens with zero attached hydrogens (tertiary/aromatic N) is 3. The maximum absolute atomic E-state index is 14.3. The highest BCUT2D eigenvalue weighted by Gasteiger charge is 2.12. The number of rotatable bonds is 6. The molecular formula is C18H23FN4O2S.